The molecule has 2 heterocycles. The minimum atomic E-state index is 0.302. The van der Waals surface area contributed by atoms with Crippen LogP contribution >= 0.6 is 11.8 Å². The van der Waals surface area contributed by atoms with Crippen molar-refractivity contribution in [1.82, 2.24) is 19.7 Å². The van der Waals surface area contributed by atoms with Crippen molar-refractivity contribution in [1.29, 1.82) is 0 Å². The normalized spacial score (nSPS) is 15.4. The van der Waals surface area contributed by atoms with E-state index in [-0.39, 0.29) is 0 Å². The number of hydrogen-bond donors (Lipinski definition) is 1. The van der Waals surface area contributed by atoms with Gasteiger partial charge in [-0.15, -0.1) is 10.2 Å². The van der Waals surface area contributed by atoms with Gasteiger partial charge >= 0.3 is 0 Å². The van der Waals surface area contributed by atoms with E-state index in [1.54, 1.807) is 18.0 Å². The highest BCUT2D eigenvalue weighted by Crippen LogP contribution is 2.31. The second-order valence-electron chi connectivity index (χ2n) is 7.23. The van der Waals surface area contributed by atoms with Crippen molar-refractivity contribution in [2.75, 3.05) is 6.54 Å². The number of aromatic nitrogens is 4. The molecule has 0 aliphatic heterocycles. The summed E-state index contributed by atoms with van der Waals surface area (Å²) in [5.74, 6) is 7.46. The van der Waals surface area contributed by atoms with Gasteiger partial charge in [-0.05, 0) is 62.1 Å². The lowest BCUT2D eigenvalue weighted by molar-refractivity contribution is 0.292. The van der Waals surface area contributed by atoms with E-state index in [2.05, 4.69) is 39.2 Å². The predicted octanol–water partition coefficient (Wildman–Crippen LogP) is 4.06. The van der Waals surface area contributed by atoms with E-state index in [0.717, 1.165) is 46.4 Å². The molecule has 6 nitrogen and oxygen atoms in total. The number of ether oxygens (including phenoxy) is 1. The van der Waals surface area contributed by atoms with E-state index in [0.29, 0.717) is 18.4 Å². The first-order valence-electron chi connectivity index (χ1n) is 10.3. The second-order valence-corrected chi connectivity index (χ2v) is 8.44. The highest BCUT2D eigenvalue weighted by atomic mass is 32.2. The Bertz CT molecular complexity index is 1110. The van der Waals surface area contributed by atoms with Gasteiger partial charge in [-0.1, -0.05) is 35.8 Å². The zero-order chi connectivity index (χ0) is 21.5. The van der Waals surface area contributed by atoms with Gasteiger partial charge < -0.3 is 10.5 Å². The van der Waals surface area contributed by atoms with Gasteiger partial charge in [0, 0.05) is 17.0 Å². The second kappa shape index (κ2) is 10.3. The standard InChI is InChI=1S/C24H25N5OS/c1-18-15-21(12-11-19(18)7-5-13-25)30-17-23-27-28-24(31-22-9-3-2-4-10-22)29(23)20-8-6-14-26-16-20/h3,6,8-9,11-12,14-16,22H,2,4,10,13,17,25H2,1H3. The molecule has 0 amide bonds. The van der Waals surface area contributed by atoms with Crippen LogP contribution in [0.15, 0.2) is 60.0 Å². The van der Waals surface area contributed by atoms with Gasteiger partial charge in [0.2, 0.25) is 0 Å². The van der Waals surface area contributed by atoms with Crippen LogP contribution in [0.4, 0.5) is 0 Å². The predicted molar refractivity (Wildman–Crippen MR) is 123 cm³/mol. The van der Waals surface area contributed by atoms with Crippen molar-refractivity contribution in [2.24, 2.45) is 5.73 Å². The van der Waals surface area contributed by atoms with Gasteiger partial charge in [-0.2, -0.15) is 0 Å². The molecule has 1 unspecified atom stereocenters. The Hall–Kier alpha value is -3.08. The van der Waals surface area contributed by atoms with Crippen LogP contribution in [0.5, 0.6) is 5.75 Å². The van der Waals surface area contributed by atoms with E-state index >= 15 is 0 Å². The molecule has 0 saturated heterocycles. The lowest BCUT2D eigenvalue weighted by atomic mass is 10.1. The summed E-state index contributed by atoms with van der Waals surface area (Å²) in [7, 11) is 0. The maximum Gasteiger partial charge on any atom is 0.196 e. The molecule has 4 rings (SSSR count). The fourth-order valence-electron chi connectivity index (χ4n) is 3.39. The first-order chi connectivity index (χ1) is 15.2. The number of nitrogens with two attached hydrogens (primary N) is 1. The molecule has 31 heavy (non-hydrogen) atoms. The Labute approximate surface area is 186 Å². The number of allylic oxidation sites excluding steroid dienone is 1. The topological polar surface area (TPSA) is 78.9 Å². The van der Waals surface area contributed by atoms with E-state index in [1.165, 1.54) is 6.42 Å². The third-order valence-corrected chi connectivity index (χ3v) is 6.13. The average Bonchev–Trinajstić information content (AvgIpc) is 3.20. The van der Waals surface area contributed by atoms with Crippen molar-refractivity contribution in [2.45, 2.75) is 43.2 Å². The van der Waals surface area contributed by atoms with Crippen LogP contribution in [0, 0.1) is 18.8 Å². The molecule has 0 radical (unpaired) electrons. The van der Waals surface area contributed by atoms with E-state index in [4.69, 9.17) is 10.5 Å². The SMILES string of the molecule is Cc1cc(OCc2nnc(SC3C=CCCC3)n2-c2cccnc2)ccc1C#CCN. The minimum Gasteiger partial charge on any atom is -0.486 e. The molecule has 1 atom stereocenters. The zero-order valence-corrected chi connectivity index (χ0v) is 18.3. The molecule has 0 spiro atoms. The molecule has 2 N–H and O–H groups in total. The summed E-state index contributed by atoms with van der Waals surface area (Å²) < 4.78 is 8.09. The van der Waals surface area contributed by atoms with Crippen molar-refractivity contribution in [3.8, 4) is 23.3 Å². The molecule has 0 saturated carbocycles. The molecular formula is C24H25N5OS. The summed E-state index contributed by atoms with van der Waals surface area (Å²) >= 11 is 1.73. The summed E-state index contributed by atoms with van der Waals surface area (Å²) in [6.07, 6.45) is 11.6. The maximum absolute atomic E-state index is 6.06. The van der Waals surface area contributed by atoms with Gasteiger partial charge in [0.15, 0.2) is 11.0 Å². The van der Waals surface area contributed by atoms with Crippen LogP contribution in [0.1, 0.15) is 36.2 Å². The minimum absolute atomic E-state index is 0.302. The molecular weight excluding hydrogens is 406 g/mol. The molecule has 1 aliphatic rings. The number of thioether (sulfide) groups is 1. The van der Waals surface area contributed by atoms with Crippen LogP contribution in [0.3, 0.4) is 0 Å². The first kappa shape index (κ1) is 21.2. The summed E-state index contributed by atoms with van der Waals surface area (Å²) in [4.78, 5) is 4.27. The Morgan fingerprint density at radius 3 is 2.97 bits per heavy atom. The number of nitrogens with zero attached hydrogens (tertiary/aromatic N) is 4. The lowest BCUT2D eigenvalue weighted by Crippen LogP contribution is -2.09. The molecule has 2 aromatic heterocycles. The number of hydrogen-bond acceptors (Lipinski definition) is 6. The van der Waals surface area contributed by atoms with Crippen LogP contribution in [-0.4, -0.2) is 31.5 Å². The highest BCUT2D eigenvalue weighted by molar-refractivity contribution is 7.99. The van der Waals surface area contributed by atoms with Gasteiger partial charge in [-0.25, -0.2) is 0 Å². The molecule has 1 aliphatic carbocycles. The van der Waals surface area contributed by atoms with Crippen LogP contribution < -0.4 is 10.5 Å². The fraction of sp³-hybridized carbons (Fsp3) is 0.292. The largest absolute Gasteiger partial charge is 0.486 e. The van der Waals surface area contributed by atoms with Crippen molar-refractivity contribution in [3.63, 3.8) is 0 Å². The Morgan fingerprint density at radius 2 is 2.23 bits per heavy atom. The number of aryl methyl sites for hydroxylation is 1. The Balaban J connectivity index is 1.56. The quantitative estimate of drug-likeness (QED) is 0.468. The summed E-state index contributed by atoms with van der Waals surface area (Å²) in [6.45, 7) is 2.66. The van der Waals surface area contributed by atoms with E-state index in [1.807, 2.05) is 48.0 Å². The average molecular weight is 432 g/mol. The molecule has 0 fully saturated rings. The van der Waals surface area contributed by atoms with Crippen molar-refractivity contribution >= 4 is 11.8 Å². The zero-order valence-electron chi connectivity index (χ0n) is 17.5. The van der Waals surface area contributed by atoms with Crippen molar-refractivity contribution < 1.29 is 4.74 Å². The van der Waals surface area contributed by atoms with Crippen molar-refractivity contribution in [3.05, 3.63) is 71.8 Å². The number of benzene rings is 1. The third kappa shape index (κ3) is 5.35. The summed E-state index contributed by atoms with van der Waals surface area (Å²) in [6, 6.07) is 9.78. The van der Waals surface area contributed by atoms with Gasteiger partial charge in [-0.3, -0.25) is 9.55 Å². The molecule has 158 valence electrons. The fourth-order valence-corrected chi connectivity index (χ4v) is 4.54. The maximum atomic E-state index is 6.06. The number of pyridine rings is 1. The van der Waals surface area contributed by atoms with E-state index < -0.39 is 0 Å². The van der Waals surface area contributed by atoms with Gasteiger partial charge in [0.05, 0.1) is 18.4 Å². The van der Waals surface area contributed by atoms with E-state index in [9.17, 15) is 0 Å². The summed E-state index contributed by atoms with van der Waals surface area (Å²) in [5, 5.41) is 10.2. The van der Waals surface area contributed by atoms with Crippen LogP contribution in [-0.2, 0) is 6.61 Å². The smallest absolute Gasteiger partial charge is 0.196 e. The van der Waals surface area contributed by atoms with Gasteiger partial charge in [0.1, 0.15) is 12.4 Å². The third-order valence-electron chi connectivity index (χ3n) is 4.96. The van der Waals surface area contributed by atoms with Gasteiger partial charge in [0.25, 0.3) is 0 Å². The monoisotopic (exact) mass is 431 g/mol. The number of rotatable bonds is 6. The Morgan fingerprint density at radius 1 is 1.29 bits per heavy atom. The Kier molecular flexibility index (Phi) is 7.03. The molecule has 3 aromatic rings. The highest BCUT2D eigenvalue weighted by Gasteiger charge is 2.19. The van der Waals surface area contributed by atoms with Crippen LogP contribution in [0.25, 0.3) is 5.69 Å². The first-order valence-corrected chi connectivity index (χ1v) is 11.2. The summed E-state index contributed by atoms with van der Waals surface area (Å²) in [5.41, 5.74) is 8.40. The molecule has 1 aromatic carbocycles. The lowest BCUT2D eigenvalue weighted by Gasteiger charge is -2.16. The molecule has 7 heteroatoms. The molecule has 0 bridgehead atoms. The van der Waals surface area contributed by atoms with Crippen LogP contribution in [0.2, 0.25) is 0 Å².